The Kier molecular flexibility index (Phi) is 5.59. The SMILES string of the molecule is CC(=O)N[C@@H]1[C@@H](Oc2cc(C)ccc2C)O[C@@H](CO)[C@@H](O)[C@H]1O. The third kappa shape index (κ3) is 4.00. The van der Waals surface area contributed by atoms with Gasteiger partial charge in [-0.15, -0.1) is 0 Å². The summed E-state index contributed by atoms with van der Waals surface area (Å²) < 4.78 is 11.3. The molecule has 1 saturated heterocycles. The largest absolute Gasteiger partial charge is 0.462 e. The van der Waals surface area contributed by atoms with Gasteiger partial charge < -0.3 is 30.1 Å². The second kappa shape index (κ2) is 7.27. The number of hydrogen-bond acceptors (Lipinski definition) is 6. The molecule has 1 aliphatic heterocycles. The number of aryl methyl sites for hydroxylation is 2. The van der Waals surface area contributed by atoms with E-state index in [1.807, 2.05) is 32.0 Å². The minimum atomic E-state index is -1.32. The number of aliphatic hydroxyl groups excluding tert-OH is 3. The molecule has 23 heavy (non-hydrogen) atoms. The number of amides is 1. The quantitative estimate of drug-likeness (QED) is 0.601. The molecule has 0 spiro atoms. The van der Waals surface area contributed by atoms with Gasteiger partial charge in [0.05, 0.1) is 6.61 Å². The number of benzene rings is 1. The van der Waals surface area contributed by atoms with E-state index in [4.69, 9.17) is 9.47 Å². The zero-order chi connectivity index (χ0) is 17.1. The van der Waals surface area contributed by atoms with Crippen LogP contribution < -0.4 is 10.1 Å². The smallest absolute Gasteiger partial charge is 0.223 e. The molecule has 1 aliphatic rings. The van der Waals surface area contributed by atoms with E-state index in [0.717, 1.165) is 11.1 Å². The van der Waals surface area contributed by atoms with Crippen molar-refractivity contribution in [3.63, 3.8) is 0 Å². The van der Waals surface area contributed by atoms with Gasteiger partial charge in [0.2, 0.25) is 12.2 Å². The van der Waals surface area contributed by atoms with Gasteiger partial charge in [-0.25, -0.2) is 0 Å². The normalized spacial score (nSPS) is 30.8. The van der Waals surface area contributed by atoms with Crippen LogP contribution in [-0.4, -0.2) is 58.5 Å². The fourth-order valence-corrected chi connectivity index (χ4v) is 2.53. The molecule has 4 N–H and O–H groups in total. The number of rotatable bonds is 4. The van der Waals surface area contributed by atoms with E-state index in [9.17, 15) is 20.1 Å². The summed E-state index contributed by atoms with van der Waals surface area (Å²) >= 11 is 0. The van der Waals surface area contributed by atoms with E-state index in [-0.39, 0.29) is 5.91 Å². The molecule has 0 aliphatic carbocycles. The molecule has 0 saturated carbocycles. The van der Waals surface area contributed by atoms with Crippen molar-refractivity contribution < 1.29 is 29.6 Å². The van der Waals surface area contributed by atoms with Crippen LogP contribution in [0.5, 0.6) is 5.75 Å². The van der Waals surface area contributed by atoms with Gasteiger partial charge in [0.1, 0.15) is 30.1 Å². The van der Waals surface area contributed by atoms with Gasteiger partial charge in [-0.1, -0.05) is 12.1 Å². The molecule has 1 aromatic carbocycles. The molecule has 0 radical (unpaired) electrons. The molecular weight excluding hydrogens is 302 g/mol. The van der Waals surface area contributed by atoms with Crippen molar-refractivity contribution in [2.24, 2.45) is 0 Å². The Hall–Kier alpha value is -1.67. The second-order valence-electron chi connectivity index (χ2n) is 5.82. The minimum absolute atomic E-state index is 0.387. The standard InChI is InChI=1S/C16H23NO6/c1-8-4-5-9(2)11(6-8)22-16-13(17-10(3)19)15(21)14(20)12(7-18)23-16/h4-6,12-16,18,20-21H,7H2,1-3H3,(H,17,19)/t12-,13-,14+,15-,16-/m0/s1. The molecule has 1 aromatic rings. The molecular formula is C16H23NO6. The van der Waals surface area contributed by atoms with E-state index in [0.29, 0.717) is 5.75 Å². The lowest BCUT2D eigenvalue weighted by Gasteiger charge is -2.42. The van der Waals surface area contributed by atoms with Crippen molar-refractivity contribution in [2.45, 2.75) is 51.4 Å². The molecule has 1 heterocycles. The van der Waals surface area contributed by atoms with Crippen LogP contribution in [0.4, 0.5) is 0 Å². The van der Waals surface area contributed by atoms with Crippen molar-refractivity contribution >= 4 is 5.91 Å². The second-order valence-corrected chi connectivity index (χ2v) is 5.82. The Bertz CT molecular complexity index is 564. The first-order chi connectivity index (χ1) is 10.8. The number of hydrogen-bond donors (Lipinski definition) is 4. The average molecular weight is 325 g/mol. The Labute approximate surface area is 134 Å². The zero-order valence-corrected chi connectivity index (χ0v) is 13.4. The van der Waals surface area contributed by atoms with Gasteiger partial charge >= 0.3 is 0 Å². The highest BCUT2D eigenvalue weighted by molar-refractivity contribution is 5.73. The summed E-state index contributed by atoms with van der Waals surface area (Å²) in [6, 6.07) is 4.68. The van der Waals surface area contributed by atoms with E-state index < -0.39 is 37.3 Å². The average Bonchev–Trinajstić information content (AvgIpc) is 2.49. The van der Waals surface area contributed by atoms with Crippen LogP contribution in [0.25, 0.3) is 0 Å². The summed E-state index contributed by atoms with van der Waals surface area (Å²) in [6.45, 7) is 4.60. The first-order valence-electron chi connectivity index (χ1n) is 7.47. The maximum atomic E-state index is 11.4. The lowest BCUT2D eigenvalue weighted by atomic mass is 9.97. The lowest BCUT2D eigenvalue weighted by Crippen LogP contribution is -2.65. The van der Waals surface area contributed by atoms with Crippen LogP contribution in [0.15, 0.2) is 18.2 Å². The van der Waals surface area contributed by atoms with Gasteiger partial charge in [0.15, 0.2) is 0 Å². The minimum Gasteiger partial charge on any atom is -0.462 e. The topological polar surface area (TPSA) is 108 Å². The zero-order valence-electron chi connectivity index (χ0n) is 13.4. The van der Waals surface area contributed by atoms with Crippen LogP contribution >= 0.6 is 0 Å². The fourth-order valence-electron chi connectivity index (χ4n) is 2.53. The maximum Gasteiger partial charge on any atom is 0.223 e. The number of nitrogens with one attached hydrogen (secondary N) is 1. The molecule has 0 unspecified atom stereocenters. The third-order valence-corrected chi connectivity index (χ3v) is 3.84. The molecule has 2 rings (SSSR count). The summed E-state index contributed by atoms with van der Waals surface area (Å²) in [5, 5.41) is 32.0. The summed E-state index contributed by atoms with van der Waals surface area (Å²) in [5.74, 6) is 0.160. The highest BCUT2D eigenvalue weighted by Gasteiger charge is 2.46. The molecule has 5 atom stereocenters. The van der Waals surface area contributed by atoms with Crippen LogP contribution in [0.1, 0.15) is 18.1 Å². The van der Waals surface area contributed by atoms with Crippen LogP contribution in [0, 0.1) is 13.8 Å². The molecule has 0 aromatic heterocycles. The van der Waals surface area contributed by atoms with Gasteiger partial charge in [-0.3, -0.25) is 4.79 Å². The molecule has 7 nitrogen and oxygen atoms in total. The summed E-state index contributed by atoms with van der Waals surface area (Å²) in [7, 11) is 0. The van der Waals surface area contributed by atoms with Crippen LogP contribution in [0.2, 0.25) is 0 Å². The predicted octanol–water partition coefficient (Wildman–Crippen LogP) is -0.374. The summed E-state index contributed by atoms with van der Waals surface area (Å²) in [4.78, 5) is 11.4. The van der Waals surface area contributed by atoms with Gasteiger partial charge in [0, 0.05) is 6.92 Å². The molecule has 1 fully saturated rings. The Balaban J connectivity index is 2.27. The fraction of sp³-hybridized carbons (Fsp3) is 0.562. The summed E-state index contributed by atoms with van der Waals surface area (Å²) in [5.41, 5.74) is 1.85. The highest BCUT2D eigenvalue weighted by atomic mass is 16.7. The van der Waals surface area contributed by atoms with Gasteiger partial charge in [-0.2, -0.15) is 0 Å². The monoisotopic (exact) mass is 325 g/mol. The first kappa shape index (κ1) is 17.7. The maximum absolute atomic E-state index is 11.4. The predicted molar refractivity (Wildman–Crippen MR) is 81.9 cm³/mol. The molecule has 0 bridgehead atoms. The Morgan fingerprint density at radius 2 is 2.00 bits per heavy atom. The van der Waals surface area contributed by atoms with E-state index in [2.05, 4.69) is 5.32 Å². The molecule has 1 amide bonds. The van der Waals surface area contributed by atoms with Crippen molar-refractivity contribution in [1.29, 1.82) is 0 Å². The van der Waals surface area contributed by atoms with E-state index >= 15 is 0 Å². The molecule has 7 heteroatoms. The number of aliphatic hydroxyl groups is 3. The number of carbonyl (C=O) groups is 1. The number of ether oxygens (including phenoxy) is 2. The summed E-state index contributed by atoms with van der Waals surface area (Å²) in [6.07, 6.45) is -4.67. The highest BCUT2D eigenvalue weighted by Crippen LogP contribution is 2.27. The van der Waals surface area contributed by atoms with Gasteiger partial charge in [0.25, 0.3) is 0 Å². The van der Waals surface area contributed by atoms with Crippen molar-refractivity contribution in [3.8, 4) is 5.75 Å². The third-order valence-electron chi connectivity index (χ3n) is 3.84. The van der Waals surface area contributed by atoms with E-state index in [1.165, 1.54) is 6.92 Å². The number of carbonyl (C=O) groups excluding carboxylic acids is 1. The van der Waals surface area contributed by atoms with Gasteiger partial charge in [-0.05, 0) is 31.0 Å². The molecule has 128 valence electrons. The lowest BCUT2D eigenvalue weighted by molar-refractivity contribution is -0.244. The first-order valence-corrected chi connectivity index (χ1v) is 7.47. The van der Waals surface area contributed by atoms with Crippen molar-refractivity contribution in [3.05, 3.63) is 29.3 Å². The van der Waals surface area contributed by atoms with Crippen molar-refractivity contribution in [2.75, 3.05) is 6.61 Å². The van der Waals surface area contributed by atoms with Crippen LogP contribution in [-0.2, 0) is 9.53 Å². The van der Waals surface area contributed by atoms with Crippen LogP contribution in [0.3, 0.4) is 0 Å². The Morgan fingerprint density at radius 1 is 1.30 bits per heavy atom. The van der Waals surface area contributed by atoms with E-state index in [1.54, 1.807) is 0 Å². The van der Waals surface area contributed by atoms with Crippen molar-refractivity contribution in [1.82, 2.24) is 5.32 Å². The Morgan fingerprint density at radius 3 is 2.61 bits per heavy atom.